The number of rotatable bonds is 16. The van der Waals surface area contributed by atoms with Crippen molar-refractivity contribution in [2.75, 3.05) is 51.3 Å². The highest BCUT2D eigenvalue weighted by molar-refractivity contribution is 6.32. The van der Waals surface area contributed by atoms with E-state index in [1.165, 1.54) is 0 Å². The molecule has 2 saturated heterocycles. The molecule has 0 radical (unpaired) electrons. The summed E-state index contributed by atoms with van der Waals surface area (Å²) in [5, 5.41) is 12.4. The van der Waals surface area contributed by atoms with Crippen molar-refractivity contribution in [3.8, 4) is 16.9 Å². The number of carbonyl (C=O) groups excluding carboxylic acids is 5. The Kier molecular flexibility index (Phi) is 13.9. The van der Waals surface area contributed by atoms with E-state index in [1.807, 2.05) is 64.4 Å². The third-order valence-corrected chi connectivity index (χ3v) is 13.3. The zero-order valence-corrected chi connectivity index (χ0v) is 40.2. The maximum atomic E-state index is 14.5. The van der Waals surface area contributed by atoms with Crippen molar-refractivity contribution in [1.29, 1.82) is 0 Å². The number of halogens is 1. The topological polar surface area (TPSA) is 166 Å². The lowest BCUT2D eigenvalue weighted by molar-refractivity contribution is -0.136. The van der Waals surface area contributed by atoms with Gasteiger partial charge in [0.2, 0.25) is 11.8 Å². The third-order valence-electron chi connectivity index (χ3n) is 12.8. The molecule has 3 aliphatic rings. The summed E-state index contributed by atoms with van der Waals surface area (Å²) in [5.41, 5.74) is 8.33. The number of aromatic nitrogens is 3. The number of benzene rings is 3. The molecule has 5 aromatic rings. The maximum absolute atomic E-state index is 14.5. The van der Waals surface area contributed by atoms with Crippen molar-refractivity contribution < 1.29 is 38.2 Å². The van der Waals surface area contributed by atoms with E-state index in [0.717, 1.165) is 85.4 Å². The summed E-state index contributed by atoms with van der Waals surface area (Å²) in [6, 6.07) is 14.2. The Labute approximate surface area is 396 Å². The molecule has 4 amide bonds. The number of imide groups is 2. The van der Waals surface area contributed by atoms with Crippen LogP contribution in [0.5, 0.6) is 5.75 Å². The monoisotopic (exact) mass is 933 g/mol. The number of nitrogens with one attached hydrogen (secondary N) is 2. The summed E-state index contributed by atoms with van der Waals surface area (Å²) < 4.78 is 22.3. The van der Waals surface area contributed by atoms with E-state index in [-0.39, 0.29) is 29.9 Å². The average Bonchev–Trinajstić information content (AvgIpc) is 3.86. The Morgan fingerprint density at radius 1 is 0.910 bits per heavy atom. The minimum Gasteiger partial charge on any atom is -0.494 e. The summed E-state index contributed by atoms with van der Waals surface area (Å²) >= 11 is 6.44. The molecule has 2 fully saturated rings. The molecule has 15 nitrogen and oxygen atoms in total. The van der Waals surface area contributed by atoms with Gasteiger partial charge < -0.3 is 24.1 Å². The van der Waals surface area contributed by atoms with E-state index in [1.54, 1.807) is 18.2 Å². The van der Waals surface area contributed by atoms with Crippen LogP contribution in [-0.2, 0) is 38.6 Å². The van der Waals surface area contributed by atoms with E-state index >= 15 is 0 Å². The molecule has 354 valence electrons. The maximum Gasteiger partial charge on any atom is 0.355 e. The molecule has 1 unspecified atom stereocenters. The highest BCUT2D eigenvalue weighted by Crippen LogP contribution is 2.39. The number of morpholine rings is 1. The van der Waals surface area contributed by atoms with Gasteiger partial charge in [0.15, 0.2) is 0 Å². The SMILES string of the molecule is Cc1cc(OCCCc2c(C(=O)OC(C)(C)C)n(CCN3CCOCC3)c3c(-c4c(C)nn(CCCNc5cccc6c5C(=O)N(C5CCC(=O)NC5=O)C6=O)c4C)cccc23)cc(C)c1Cl. The Hall–Kier alpha value is -6.03. The van der Waals surface area contributed by atoms with Crippen molar-refractivity contribution in [3.63, 3.8) is 0 Å². The minimum absolute atomic E-state index is 0.0514. The van der Waals surface area contributed by atoms with Gasteiger partial charge in [-0.3, -0.25) is 39.0 Å². The van der Waals surface area contributed by atoms with Crippen LogP contribution >= 0.6 is 11.6 Å². The second-order valence-electron chi connectivity index (χ2n) is 18.7. The van der Waals surface area contributed by atoms with Crippen LogP contribution in [0.3, 0.4) is 0 Å². The van der Waals surface area contributed by atoms with Crippen molar-refractivity contribution in [3.05, 3.63) is 98.5 Å². The van der Waals surface area contributed by atoms with Gasteiger partial charge in [-0.15, -0.1) is 0 Å². The summed E-state index contributed by atoms with van der Waals surface area (Å²) in [6.07, 6.45) is 2.01. The fourth-order valence-electron chi connectivity index (χ4n) is 9.63. The summed E-state index contributed by atoms with van der Waals surface area (Å²) in [4.78, 5) is 69.4. The van der Waals surface area contributed by atoms with Gasteiger partial charge in [-0.25, -0.2) is 4.79 Å². The predicted octanol–water partition coefficient (Wildman–Crippen LogP) is 7.59. The normalized spacial score (nSPS) is 16.8. The number of fused-ring (bicyclic) bond motifs is 2. The molecule has 1 atom stereocenters. The molecule has 16 heteroatoms. The zero-order valence-electron chi connectivity index (χ0n) is 39.5. The number of hydrogen-bond acceptors (Lipinski definition) is 11. The number of hydrogen-bond donors (Lipinski definition) is 2. The smallest absolute Gasteiger partial charge is 0.355 e. The number of amides is 4. The first-order valence-electron chi connectivity index (χ1n) is 23.2. The summed E-state index contributed by atoms with van der Waals surface area (Å²) in [5.74, 6) is -1.78. The van der Waals surface area contributed by atoms with Crippen molar-refractivity contribution in [2.45, 2.75) is 105 Å². The molecule has 67 heavy (non-hydrogen) atoms. The number of anilines is 1. The molecule has 3 aliphatic heterocycles. The zero-order chi connectivity index (χ0) is 47.7. The van der Waals surface area contributed by atoms with E-state index < -0.39 is 35.3 Å². The van der Waals surface area contributed by atoms with Gasteiger partial charge in [0, 0.05) is 78.6 Å². The molecule has 0 saturated carbocycles. The van der Waals surface area contributed by atoms with Crippen LogP contribution in [0.2, 0.25) is 5.02 Å². The highest BCUT2D eigenvalue weighted by Gasteiger charge is 2.45. The standard InChI is InChI=1S/C51H60ClN7O8/c1-30-28-34(29-31(2)44(30)52)66-25-10-15-36-35-12-8-13-37(45(35)57(22-21-56-23-26-65-27-24-56)46(36)50(64)67-51(5,6)7)42-32(3)55-58(33(42)4)20-11-19-53-39-16-9-14-38-43(39)49(63)59(48(38)62)40-17-18-41(60)54-47(40)61/h8-9,12-14,16,28-29,40,53H,10-11,15,17-27H2,1-7H3,(H,54,60,61). The van der Waals surface area contributed by atoms with Gasteiger partial charge in [-0.1, -0.05) is 35.9 Å². The van der Waals surface area contributed by atoms with Crippen LogP contribution in [-0.4, -0.2) is 111 Å². The lowest BCUT2D eigenvalue weighted by Crippen LogP contribution is -2.54. The lowest BCUT2D eigenvalue weighted by Gasteiger charge is -2.27. The van der Waals surface area contributed by atoms with Gasteiger partial charge in [0.25, 0.3) is 11.8 Å². The molecule has 5 heterocycles. The summed E-state index contributed by atoms with van der Waals surface area (Å²) in [7, 11) is 0. The van der Waals surface area contributed by atoms with Crippen LogP contribution in [0.4, 0.5) is 5.69 Å². The molecule has 0 aliphatic carbocycles. The summed E-state index contributed by atoms with van der Waals surface area (Å²) in [6.45, 7) is 19.4. The van der Waals surface area contributed by atoms with Gasteiger partial charge in [0.1, 0.15) is 23.1 Å². The highest BCUT2D eigenvalue weighted by atomic mass is 35.5. The Balaban J connectivity index is 1.07. The van der Waals surface area contributed by atoms with Crippen molar-refractivity contribution in [1.82, 2.24) is 29.5 Å². The van der Waals surface area contributed by atoms with Crippen LogP contribution in [0.25, 0.3) is 22.0 Å². The molecule has 8 rings (SSSR count). The van der Waals surface area contributed by atoms with Crippen molar-refractivity contribution in [2.24, 2.45) is 0 Å². The Morgan fingerprint density at radius 2 is 1.63 bits per heavy atom. The predicted molar refractivity (Wildman–Crippen MR) is 256 cm³/mol. The largest absolute Gasteiger partial charge is 0.494 e. The molecule has 0 spiro atoms. The first-order chi connectivity index (χ1) is 32.0. The second-order valence-corrected chi connectivity index (χ2v) is 19.1. The number of aryl methyl sites for hydroxylation is 5. The van der Waals surface area contributed by atoms with Crippen LogP contribution in [0.1, 0.15) is 106 Å². The first kappa shape index (κ1) is 47.5. The average molecular weight is 935 g/mol. The lowest BCUT2D eigenvalue weighted by atomic mass is 9.98. The molecular weight excluding hydrogens is 874 g/mol. The van der Waals surface area contributed by atoms with Crippen LogP contribution < -0.4 is 15.4 Å². The molecule has 3 aromatic carbocycles. The third kappa shape index (κ3) is 9.86. The van der Waals surface area contributed by atoms with E-state index in [2.05, 4.69) is 39.2 Å². The minimum atomic E-state index is -1.04. The number of nitrogens with zero attached hydrogens (tertiary/aromatic N) is 5. The number of piperidine rings is 1. The fourth-order valence-corrected chi connectivity index (χ4v) is 9.74. The fraction of sp³-hybridized carbons (Fsp3) is 0.451. The quantitative estimate of drug-likeness (QED) is 0.0569. The van der Waals surface area contributed by atoms with Gasteiger partial charge >= 0.3 is 5.97 Å². The molecule has 2 aromatic heterocycles. The van der Waals surface area contributed by atoms with E-state index in [0.29, 0.717) is 70.1 Å². The van der Waals surface area contributed by atoms with Gasteiger partial charge in [-0.2, -0.15) is 5.10 Å². The van der Waals surface area contributed by atoms with Crippen LogP contribution in [0, 0.1) is 27.7 Å². The Morgan fingerprint density at radius 3 is 2.34 bits per heavy atom. The molecule has 2 N–H and O–H groups in total. The number of ether oxygens (including phenoxy) is 3. The molecular formula is C51H60ClN7O8. The first-order valence-corrected chi connectivity index (χ1v) is 23.6. The number of para-hydroxylation sites is 1. The van der Waals surface area contributed by atoms with Gasteiger partial charge in [0.05, 0.1) is 42.2 Å². The van der Waals surface area contributed by atoms with Crippen LogP contribution in [0.15, 0.2) is 48.5 Å². The Bertz CT molecular complexity index is 2740. The van der Waals surface area contributed by atoms with Crippen molar-refractivity contribution >= 4 is 57.8 Å². The van der Waals surface area contributed by atoms with Gasteiger partial charge in [-0.05, 0) is 115 Å². The number of esters is 1. The second kappa shape index (κ2) is 19.7. The number of carbonyl (C=O) groups is 5. The molecule has 0 bridgehead atoms. The van der Waals surface area contributed by atoms with E-state index in [4.69, 9.17) is 30.9 Å². The van der Waals surface area contributed by atoms with E-state index in [9.17, 15) is 24.0 Å².